The van der Waals surface area contributed by atoms with Gasteiger partial charge in [-0.15, -0.1) is 0 Å². The number of hydrogen-bond donors (Lipinski definition) is 1. The smallest absolute Gasteiger partial charge is 0.246 e. The van der Waals surface area contributed by atoms with Crippen molar-refractivity contribution >= 4 is 23.4 Å². The number of halogens is 1. The predicted octanol–water partition coefficient (Wildman–Crippen LogP) is 0.722. The molecule has 1 aliphatic heterocycles. The Labute approximate surface area is 94.3 Å². The lowest BCUT2D eigenvalue weighted by atomic mass is 10.0. The van der Waals surface area contributed by atoms with Crippen LogP contribution in [0.15, 0.2) is 11.6 Å². The predicted molar refractivity (Wildman–Crippen MR) is 58.3 cm³/mol. The van der Waals surface area contributed by atoms with Gasteiger partial charge in [0.2, 0.25) is 11.8 Å². The lowest BCUT2D eigenvalue weighted by Gasteiger charge is -2.34. The van der Waals surface area contributed by atoms with Gasteiger partial charge in [-0.2, -0.15) is 0 Å². The van der Waals surface area contributed by atoms with Gasteiger partial charge in [0.25, 0.3) is 0 Å². The Morgan fingerprint density at radius 1 is 1.67 bits per heavy atom. The molecule has 1 unspecified atom stereocenters. The van der Waals surface area contributed by atoms with E-state index in [9.17, 15) is 9.59 Å². The van der Waals surface area contributed by atoms with Gasteiger partial charge in [-0.05, 0) is 5.92 Å². The first-order valence-corrected chi connectivity index (χ1v) is 5.21. The molecular formula is C10H15ClN2O2. The van der Waals surface area contributed by atoms with Gasteiger partial charge in [0.05, 0.1) is 13.1 Å². The van der Waals surface area contributed by atoms with Crippen LogP contribution in [0.2, 0.25) is 0 Å². The highest BCUT2D eigenvalue weighted by molar-refractivity contribution is 6.29. The zero-order valence-corrected chi connectivity index (χ0v) is 9.67. The molecule has 0 aromatic heterocycles. The SMILES string of the molecule is C=C(Cl)CN1CC(=O)NC(C(C)C)C1=O. The lowest BCUT2D eigenvalue weighted by molar-refractivity contribution is -0.144. The molecule has 0 radical (unpaired) electrons. The average molecular weight is 231 g/mol. The van der Waals surface area contributed by atoms with Crippen molar-refractivity contribution in [3.8, 4) is 0 Å². The third kappa shape index (κ3) is 2.96. The van der Waals surface area contributed by atoms with Gasteiger partial charge >= 0.3 is 0 Å². The normalized spacial score (nSPS) is 21.9. The summed E-state index contributed by atoms with van der Waals surface area (Å²) in [5.41, 5.74) is 0. The number of nitrogens with one attached hydrogen (secondary N) is 1. The van der Waals surface area contributed by atoms with Gasteiger partial charge < -0.3 is 10.2 Å². The first kappa shape index (κ1) is 12.0. The Balaban J connectivity index is 2.76. The molecule has 1 fully saturated rings. The number of piperazine rings is 1. The summed E-state index contributed by atoms with van der Waals surface area (Å²) in [6.07, 6.45) is 0. The standard InChI is InChI=1S/C10H15ClN2O2/c1-6(2)9-10(15)13(4-7(3)11)5-8(14)12-9/h6,9H,3-5H2,1-2H3,(H,12,14). The zero-order valence-electron chi connectivity index (χ0n) is 8.92. The number of rotatable bonds is 3. The van der Waals surface area contributed by atoms with Crippen LogP contribution in [-0.4, -0.2) is 35.8 Å². The summed E-state index contributed by atoms with van der Waals surface area (Å²) in [7, 11) is 0. The first-order valence-electron chi connectivity index (χ1n) is 4.83. The molecule has 1 saturated heterocycles. The zero-order chi connectivity index (χ0) is 11.6. The van der Waals surface area contributed by atoms with Crippen LogP contribution in [0.25, 0.3) is 0 Å². The van der Waals surface area contributed by atoms with Crippen LogP contribution in [0.3, 0.4) is 0 Å². The highest BCUT2D eigenvalue weighted by atomic mass is 35.5. The molecule has 1 aliphatic rings. The van der Waals surface area contributed by atoms with Gasteiger partial charge in [0, 0.05) is 5.03 Å². The van der Waals surface area contributed by atoms with Crippen LogP contribution >= 0.6 is 11.6 Å². The molecule has 0 bridgehead atoms. The van der Waals surface area contributed by atoms with Crippen molar-refractivity contribution < 1.29 is 9.59 Å². The van der Waals surface area contributed by atoms with Gasteiger partial charge in [0.15, 0.2) is 0 Å². The van der Waals surface area contributed by atoms with Crippen LogP contribution in [0, 0.1) is 5.92 Å². The molecular weight excluding hydrogens is 216 g/mol. The van der Waals surface area contributed by atoms with Gasteiger partial charge in [0.1, 0.15) is 6.04 Å². The molecule has 15 heavy (non-hydrogen) atoms. The van der Waals surface area contributed by atoms with E-state index in [4.69, 9.17) is 11.6 Å². The topological polar surface area (TPSA) is 49.4 Å². The molecule has 1 atom stereocenters. The molecule has 0 saturated carbocycles. The maximum absolute atomic E-state index is 11.9. The molecule has 0 aromatic rings. The molecule has 4 nitrogen and oxygen atoms in total. The third-order valence-electron chi connectivity index (χ3n) is 2.26. The minimum Gasteiger partial charge on any atom is -0.343 e. The van der Waals surface area contributed by atoms with E-state index >= 15 is 0 Å². The Morgan fingerprint density at radius 3 is 2.73 bits per heavy atom. The highest BCUT2D eigenvalue weighted by Crippen LogP contribution is 2.12. The first-order chi connectivity index (χ1) is 6.91. The summed E-state index contributed by atoms with van der Waals surface area (Å²) in [4.78, 5) is 24.6. The lowest BCUT2D eigenvalue weighted by Crippen LogP contribution is -2.59. The second-order valence-electron chi connectivity index (χ2n) is 4.00. The summed E-state index contributed by atoms with van der Waals surface area (Å²) in [5.74, 6) is -0.162. The van der Waals surface area contributed by atoms with E-state index in [2.05, 4.69) is 11.9 Å². The second kappa shape index (κ2) is 4.66. The summed E-state index contributed by atoms with van der Waals surface area (Å²) >= 11 is 5.63. The van der Waals surface area contributed by atoms with Crippen molar-refractivity contribution in [1.82, 2.24) is 10.2 Å². The van der Waals surface area contributed by atoms with E-state index in [0.717, 1.165) is 0 Å². The Morgan fingerprint density at radius 2 is 2.27 bits per heavy atom. The summed E-state index contributed by atoms with van der Waals surface area (Å²) < 4.78 is 0. The number of nitrogens with zero attached hydrogens (tertiary/aromatic N) is 1. The molecule has 0 aliphatic carbocycles. The van der Waals surface area contributed by atoms with E-state index in [-0.39, 0.29) is 30.8 Å². The maximum atomic E-state index is 11.9. The summed E-state index contributed by atoms with van der Waals surface area (Å²) in [5, 5.41) is 3.03. The average Bonchev–Trinajstić information content (AvgIpc) is 2.09. The molecule has 1 N–H and O–H groups in total. The Kier molecular flexibility index (Phi) is 3.74. The van der Waals surface area contributed by atoms with Gasteiger partial charge in [-0.25, -0.2) is 0 Å². The summed E-state index contributed by atoms with van der Waals surface area (Å²) in [6, 6.07) is -0.442. The van der Waals surface area contributed by atoms with Crippen LogP contribution < -0.4 is 5.32 Å². The largest absolute Gasteiger partial charge is 0.343 e. The van der Waals surface area contributed by atoms with Crippen molar-refractivity contribution in [3.63, 3.8) is 0 Å². The monoisotopic (exact) mass is 230 g/mol. The van der Waals surface area contributed by atoms with Crippen molar-refractivity contribution in [2.45, 2.75) is 19.9 Å². The number of amides is 2. The van der Waals surface area contributed by atoms with E-state index in [1.807, 2.05) is 13.8 Å². The Hall–Kier alpha value is -1.03. The van der Waals surface area contributed by atoms with Gasteiger partial charge in [-0.1, -0.05) is 32.0 Å². The minimum atomic E-state index is -0.442. The van der Waals surface area contributed by atoms with E-state index in [1.54, 1.807) is 0 Å². The second-order valence-corrected chi connectivity index (χ2v) is 4.54. The minimum absolute atomic E-state index is 0.0633. The van der Waals surface area contributed by atoms with Crippen molar-refractivity contribution in [1.29, 1.82) is 0 Å². The van der Waals surface area contributed by atoms with E-state index in [1.165, 1.54) is 4.90 Å². The molecule has 84 valence electrons. The fraction of sp³-hybridized carbons (Fsp3) is 0.600. The van der Waals surface area contributed by atoms with Gasteiger partial charge in [-0.3, -0.25) is 9.59 Å². The van der Waals surface area contributed by atoms with Crippen LogP contribution in [-0.2, 0) is 9.59 Å². The van der Waals surface area contributed by atoms with E-state index < -0.39 is 6.04 Å². The number of carbonyl (C=O) groups is 2. The quantitative estimate of drug-likeness (QED) is 0.777. The molecule has 2 amide bonds. The summed E-state index contributed by atoms with van der Waals surface area (Å²) in [6.45, 7) is 7.60. The molecule has 5 heteroatoms. The van der Waals surface area contributed by atoms with Crippen LogP contribution in [0.1, 0.15) is 13.8 Å². The molecule has 1 heterocycles. The third-order valence-corrected chi connectivity index (χ3v) is 2.38. The fourth-order valence-corrected chi connectivity index (χ4v) is 1.67. The fourth-order valence-electron chi connectivity index (χ4n) is 1.52. The number of hydrogen-bond acceptors (Lipinski definition) is 2. The van der Waals surface area contributed by atoms with Crippen LogP contribution in [0.4, 0.5) is 0 Å². The Bertz CT molecular complexity index is 300. The van der Waals surface area contributed by atoms with Crippen LogP contribution in [0.5, 0.6) is 0 Å². The molecule has 0 spiro atoms. The maximum Gasteiger partial charge on any atom is 0.246 e. The highest BCUT2D eigenvalue weighted by Gasteiger charge is 2.34. The molecule has 1 rings (SSSR count). The number of carbonyl (C=O) groups excluding carboxylic acids is 2. The molecule has 0 aromatic carbocycles. The van der Waals surface area contributed by atoms with Crippen molar-refractivity contribution in [3.05, 3.63) is 11.6 Å². The van der Waals surface area contributed by atoms with Crippen molar-refractivity contribution in [2.75, 3.05) is 13.1 Å². The van der Waals surface area contributed by atoms with Crippen molar-refractivity contribution in [2.24, 2.45) is 5.92 Å². The van der Waals surface area contributed by atoms with E-state index in [0.29, 0.717) is 5.03 Å².